The average molecular weight is 366 g/mol. The first-order valence-corrected chi connectivity index (χ1v) is 10.5. The highest BCUT2D eigenvalue weighted by atomic mass is 16.5. The van der Waals surface area contributed by atoms with Gasteiger partial charge in [-0.05, 0) is 78.2 Å². The molecular formula is C20H35N3O3. The van der Waals surface area contributed by atoms with Crippen LogP contribution in [0.4, 0.5) is 0 Å². The van der Waals surface area contributed by atoms with Crippen molar-refractivity contribution in [3.63, 3.8) is 0 Å². The summed E-state index contributed by atoms with van der Waals surface area (Å²) in [6.07, 6.45) is 7.90. The van der Waals surface area contributed by atoms with Gasteiger partial charge in [0.15, 0.2) is 0 Å². The zero-order valence-corrected chi connectivity index (χ0v) is 16.3. The third-order valence-electron chi connectivity index (χ3n) is 6.31. The summed E-state index contributed by atoms with van der Waals surface area (Å²) in [7, 11) is 2.19. The van der Waals surface area contributed by atoms with E-state index in [1.54, 1.807) is 0 Å². The Balaban J connectivity index is 1.29. The number of hydrogen-bond donors (Lipinski definition) is 0. The maximum Gasteiger partial charge on any atom is 0.309 e. The lowest BCUT2D eigenvalue weighted by Gasteiger charge is -2.40. The number of carbonyl (C=O) groups excluding carboxylic acids is 2. The van der Waals surface area contributed by atoms with E-state index in [1.165, 1.54) is 25.9 Å². The van der Waals surface area contributed by atoms with Gasteiger partial charge in [0.05, 0.1) is 12.5 Å². The molecule has 0 aromatic carbocycles. The van der Waals surface area contributed by atoms with Gasteiger partial charge in [-0.25, -0.2) is 0 Å². The second-order valence-electron chi connectivity index (χ2n) is 8.20. The third kappa shape index (κ3) is 5.43. The summed E-state index contributed by atoms with van der Waals surface area (Å²) in [6.45, 7) is 6.45. The van der Waals surface area contributed by atoms with Gasteiger partial charge in [-0.1, -0.05) is 0 Å². The van der Waals surface area contributed by atoms with Gasteiger partial charge >= 0.3 is 5.97 Å². The minimum atomic E-state index is -0.0296. The van der Waals surface area contributed by atoms with Gasteiger partial charge in [-0.3, -0.25) is 9.59 Å². The Bertz CT molecular complexity index is 469. The average Bonchev–Trinajstić information content (AvgIpc) is 2.67. The highest BCUT2D eigenvalue weighted by Crippen LogP contribution is 2.24. The molecular weight excluding hydrogens is 330 g/mol. The molecule has 0 saturated carbocycles. The molecule has 0 N–H and O–H groups in total. The highest BCUT2D eigenvalue weighted by Gasteiger charge is 2.30. The fourth-order valence-corrected chi connectivity index (χ4v) is 4.50. The zero-order valence-electron chi connectivity index (χ0n) is 16.3. The van der Waals surface area contributed by atoms with Crippen molar-refractivity contribution in [3.05, 3.63) is 0 Å². The number of rotatable bonds is 6. The lowest BCUT2D eigenvalue weighted by Crippen LogP contribution is -2.47. The molecule has 3 aliphatic rings. The SMILES string of the molecule is CN1CCC(N2CCC(C(=O)OCCCN3CCCCC3=O)CC2)CC1. The standard InChI is InChI=1S/C20H35N3O3/c1-21-12-8-18(9-13-21)22-14-6-17(7-15-22)20(25)26-16-4-11-23-10-3-2-5-19(23)24/h17-18H,2-16H2,1H3. The first kappa shape index (κ1) is 19.6. The third-order valence-corrected chi connectivity index (χ3v) is 6.31. The molecule has 148 valence electrons. The van der Waals surface area contributed by atoms with E-state index in [9.17, 15) is 9.59 Å². The molecule has 3 saturated heterocycles. The van der Waals surface area contributed by atoms with Crippen LogP contribution in [0.1, 0.15) is 51.4 Å². The van der Waals surface area contributed by atoms with E-state index < -0.39 is 0 Å². The van der Waals surface area contributed by atoms with Crippen molar-refractivity contribution in [1.82, 2.24) is 14.7 Å². The second-order valence-corrected chi connectivity index (χ2v) is 8.20. The van der Waals surface area contributed by atoms with Crippen LogP contribution in [-0.4, -0.2) is 85.5 Å². The highest BCUT2D eigenvalue weighted by molar-refractivity contribution is 5.76. The van der Waals surface area contributed by atoms with Gasteiger partial charge in [0.1, 0.15) is 0 Å². The van der Waals surface area contributed by atoms with E-state index in [0.29, 0.717) is 19.1 Å². The Morgan fingerprint density at radius 3 is 2.46 bits per heavy atom. The topological polar surface area (TPSA) is 53.1 Å². The fraction of sp³-hybridized carbons (Fsp3) is 0.900. The number of piperidine rings is 3. The van der Waals surface area contributed by atoms with Crippen LogP contribution in [0.5, 0.6) is 0 Å². The molecule has 0 aromatic rings. The van der Waals surface area contributed by atoms with Gasteiger partial charge in [-0.15, -0.1) is 0 Å². The van der Waals surface area contributed by atoms with Crippen molar-refractivity contribution in [1.29, 1.82) is 0 Å². The first-order valence-electron chi connectivity index (χ1n) is 10.5. The number of likely N-dealkylation sites (tertiary alicyclic amines) is 3. The summed E-state index contributed by atoms with van der Waals surface area (Å²) < 4.78 is 5.50. The number of amides is 1. The molecule has 6 heteroatoms. The quantitative estimate of drug-likeness (QED) is 0.530. The van der Waals surface area contributed by atoms with Gasteiger partial charge in [0.25, 0.3) is 0 Å². The largest absolute Gasteiger partial charge is 0.465 e. The molecule has 0 radical (unpaired) electrons. The molecule has 3 aliphatic heterocycles. The van der Waals surface area contributed by atoms with Crippen molar-refractivity contribution in [2.45, 2.75) is 57.4 Å². The van der Waals surface area contributed by atoms with Crippen molar-refractivity contribution >= 4 is 11.9 Å². The molecule has 0 unspecified atom stereocenters. The van der Waals surface area contributed by atoms with Crippen LogP contribution in [-0.2, 0) is 14.3 Å². The Hall–Kier alpha value is -1.14. The van der Waals surface area contributed by atoms with Gasteiger partial charge < -0.3 is 19.4 Å². The molecule has 3 rings (SSSR count). The van der Waals surface area contributed by atoms with Crippen LogP contribution in [0.25, 0.3) is 0 Å². The van der Waals surface area contributed by atoms with E-state index >= 15 is 0 Å². The van der Waals surface area contributed by atoms with Crippen LogP contribution < -0.4 is 0 Å². The maximum absolute atomic E-state index is 12.3. The summed E-state index contributed by atoms with van der Waals surface area (Å²) in [5.41, 5.74) is 0. The Labute approximate surface area is 157 Å². The monoisotopic (exact) mass is 365 g/mol. The van der Waals surface area contributed by atoms with Crippen molar-refractivity contribution < 1.29 is 14.3 Å². The maximum atomic E-state index is 12.3. The predicted molar refractivity (Wildman–Crippen MR) is 101 cm³/mol. The molecule has 0 atom stereocenters. The smallest absolute Gasteiger partial charge is 0.309 e. The number of esters is 1. The normalized spacial score (nSPS) is 24.8. The number of carbonyl (C=O) groups is 2. The summed E-state index contributed by atoms with van der Waals surface area (Å²) >= 11 is 0. The fourth-order valence-electron chi connectivity index (χ4n) is 4.50. The van der Waals surface area contributed by atoms with Crippen LogP contribution >= 0.6 is 0 Å². The van der Waals surface area contributed by atoms with Crippen LogP contribution in [0.2, 0.25) is 0 Å². The van der Waals surface area contributed by atoms with Gasteiger partial charge in [0, 0.05) is 25.6 Å². The molecule has 0 aromatic heterocycles. The van der Waals surface area contributed by atoms with Crippen molar-refractivity contribution in [3.8, 4) is 0 Å². The summed E-state index contributed by atoms with van der Waals surface area (Å²) in [5, 5.41) is 0. The minimum Gasteiger partial charge on any atom is -0.465 e. The van der Waals surface area contributed by atoms with Crippen molar-refractivity contribution in [2.75, 3.05) is 52.9 Å². The Kier molecular flexibility index (Phi) is 7.32. The zero-order chi connectivity index (χ0) is 18.4. The van der Waals surface area contributed by atoms with E-state index in [1.807, 2.05) is 4.90 Å². The number of nitrogens with zero attached hydrogens (tertiary/aromatic N) is 3. The predicted octanol–water partition coefficient (Wildman–Crippen LogP) is 1.74. The first-order chi connectivity index (χ1) is 12.6. The van der Waals surface area contributed by atoms with E-state index in [0.717, 1.165) is 58.3 Å². The lowest BCUT2D eigenvalue weighted by atomic mass is 9.93. The molecule has 1 amide bonds. The molecule has 3 fully saturated rings. The number of hydrogen-bond acceptors (Lipinski definition) is 5. The molecule has 0 aliphatic carbocycles. The molecule has 0 spiro atoms. The Morgan fingerprint density at radius 1 is 1.04 bits per heavy atom. The second kappa shape index (κ2) is 9.70. The van der Waals surface area contributed by atoms with E-state index in [2.05, 4.69) is 16.8 Å². The van der Waals surface area contributed by atoms with Gasteiger partial charge in [-0.2, -0.15) is 0 Å². The lowest BCUT2D eigenvalue weighted by molar-refractivity contribution is -0.150. The van der Waals surface area contributed by atoms with Crippen LogP contribution in [0, 0.1) is 5.92 Å². The molecule has 6 nitrogen and oxygen atoms in total. The van der Waals surface area contributed by atoms with Crippen molar-refractivity contribution in [2.24, 2.45) is 5.92 Å². The number of ether oxygens (including phenoxy) is 1. The summed E-state index contributed by atoms with van der Waals surface area (Å²) in [4.78, 5) is 31.0. The Morgan fingerprint density at radius 2 is 1.77 bits per heavy atom. The van der Waals surface area contributed by atoms with E-state index in [-0.39, 0.29) is 17.8 Å². The molecule has 26 heavy (non-hydrogen) atoms. The molecule has 0 bridgehead atoms. The van der Waals surface area contributed by atoms with Crippen LogP contribution in [0.15, 0.2) is 0 Å². The minimum absolute atomic E-state index is 0.0296. The summed E-state index contributed by atoms with van der Waals surface area (Å²) in [6, 6.07) is 0.699. The van der Waals surface area contributed by atoms with Gasteiger partial charge in [0.2, 0.25) is 5.91 Å². The van der Waals surface area contributed by atoms with E-state index in [4.69, 9.17) is 4.74 Å². The molecule has 3 heterocycles. The summed E-state index contributed by atoms with van der Waals surface area (Å²) in [5.74, 6) is 0.288. The van der Waals surface area contributed by atoms with Crippen LogP contribution in [0.3, 0.4) is 0 Å².